The Kier molecular flexibility index (Phi) is 5.15. The summed E-state index contributed by atoms with van der Waals surface area (Å²) in [4.78, 5) is 37.9. The van der Waals surface area contributed by atoms with E-state index in [1.807, 2.05) is 30.3 Å². The SMILES string of the molecule is Cc1nc(C)c(CC(=O)N2C[C@@H](Cc3ccnc4ccccc34)[C@@H](O)C2)c(=O)[nH]1. The number of fused-ring (bicyclic) bond motifs is 1. The molecule has 1 saturated heterocycles. The summed E-state index contributed by atoms with van der Waals surface area (Å²) in [6.45, 7) is 4.20. The summed E-state index contributed by atoms with van der Waals surface area (Å²) in [7, 11) is 0. The van der Waals surface area contributed by atoms with Gasteiger partial charge in [0.2, 0.25) is 5.91 Å². The van der Waals surface area contributed by atoms with Crippen LogP contribution in [0, 0.1) is 19.8 Å². The van der Waals surface area contributed by atoms with Crippen molar-refractivity contribution >= 4 is 16.8 Å². The number of H-pyrrole nitrogens is 1. The number of pyridine rings is 1. The molecule has 4 rings (SSSR count). The number of nitrogens with zero attached hydrogens (tertiary/aromatic N) is 3. The van der Waals surface area contributed by atoms with Gasteiger partial charge in [0.1, 0.15) is 5.82 Å². The maximum absolute atomic E-state index is 12.8. The normalized spacial score (nSPS) is 19.1. The third-order valence-corrected chi connectivity index (χ3v) is 5.65. The van der Waals surface area contributed by atoms with Crippen molar-refractivity contribution in [3.05, 3.63) is 69.5 Å². The number of para-hydroxylation sites is 1. The number of benzene rings is 1. The number of carbonyl (C=O) groups excluding carboxylic acids is 1. The molecule has 1 fully saturated rings. The van der Waals surface area contributed by atoms with E-state index < -0.39 is 6.10 Å². The Morgan fingerprint density at radius 1 is 1.24 bits per heavy atom. The van der Waals surface area contributed by atoms with Crippen LogP contribution in [0.25, 0.3) is 10.9 Å². The van der Waals surface area contributed by atoms with Crippen LogP contribution in [-0.2, 0) is 17.6 Å². The fourth-order valence-corrected chi connectivity index (χ4v) is 4.10. The van der Waals surface area contributed by atoms with Gasteiger partial charge in [-0.25, -0.2) is 4.98 Å². The number of aromatic nitrogens is 3. The largest absolute Gasteiger partial charge is 0.391 e. The predicted octanol–water partition coefficient (Wildman–Crippen LogP) is 1.54. The number of amides is 1. The van der Waals surface area contributed by atoms with Crippen molar-refractivity contribution < 1.29 is 9.90 Å². The molecule has 7 heteroatoms. The van der Waals surface area contributed by atoms with Crippen molar-refractivity contribution in [2.45, 2.75) is 32.8 Å². The number of aliphatic hydroxyl groups is 1. The number of nitrogens with one attached hydrogen (secondary N) is 1. The first-order valence-electron chi connectivity index (χ1n) is 9.77. The van der Waals surface area contributed by atoms with E-state index in [9.17, 15) is 14.7 Å². The van der Waals surface area contributed by atoms with Gasteiger partial charge in [-0.3, -0.25) is 14.6 Å². The van der Waals surface area contributed by atoms with Crippen molar-refractivity contribution in [2.75, 3.05) is 13.1 Å². The number of hydrogen-bond acceptors (Lipinski definition) is 5. The van der Waals surface area contributed by atoms with E-state index in [0.29, 0.717) is 30.0 Å². The second-order valence-electron chi connectivity index (χ2n) is 7.71. The minimum atomic E-state index is -0.596. The van der Waals surface area contributed by atoms with Gasteiger partial charge in [-0.1, -0.05) is 18.2 Å². The fourth-order valence-electron chi connectivity index (χ4n) is 4.10. The van der Waals surface area contributed by atoms with Crippen LogP contribution in [0.3, 0.4) is 0 Å². The number of rotatable bonds is 4. The summed E-state index contributed by atoms with van der Waals surface area (Å²) in [6.07, 6.45) is 1.84. The van der Waals surface area contributed by atoms with Gasteiger partial charge < -0.3 is 15.0 Å². The molecule has 0 spiro atoms. The molecule has 2 N–H and O–H groups in total. The van der Waals surface area contributed by atoms with E-state index in [1.54, 1.807) is 24.9 Å². The van der Waals surface area contributed by atoms with Crippen molar-refractivity contribution in [1.29, 1.82) is 0 Å². The average molecular weight is 392 g/mol. The number of likely N-dealkylation sites (tertiary alicyclic amines) is 1. The van der Waals surface area contributed by atoms with E-state index in [1.165, 1.54) is 0 Å². The number of aromatic amines is 1. The molecule has 3 heterocycles. The molecular weight excluding hydrogens is 368 g/mol. The molecule has 1 aliphatic heterocycles. The molecule has 0 aliphatic carbocycles. The van der Waals surface area contributed by atoms with E-state index >= 15 is 0 Å². The zero-order valence-electron chi connectivity index (χ0n) is 16.6. The van der Waals surface area contributed by atoms with Gasteiger partial charge in [0.15, 0.2) is 0 Å². The molecule has 2 atom stereocenters. The molecule has 1 aliphatic rings. The summed E-state index contributed by atoms with van der Waals surface area (Å²) >= 11 is 0. The third-order valence-electron chi connectivity index (χ3n) is 5.65. The highest BCUT2D eigenvalue weighted by Gasteiger charge is 2.34. The lowest BCUT2D eigenvalue weighted by Gasteiger charge is -2.17. The Balaban J connectivity index is 1.48. The van der Waals surface area contributed by atoms with Gasteiger partial charge in [-0.2, -0.15) is 0 Å². The highest BCUT2D eigenvalue weighted by molar-refractivity contribution is 5.82. The summed E-state index contributed by atoms with van der Waals surface area (Å²) < 4.78 is 0. The first kappa shape index (κ1) is 19.3. The Labute approximate surface area is 168 Å². The Morgan fingerprint density at radius 2 is 2.03 bits per heavy atom. The highest BCUT2D eigenvalue weighted by Crippen LogP contribution is 2.25. The first-order valence-corrected chi connectivity index (χ1v) is 9.77. The average Bonchev–Trinajstić information content (AvgIpc) is 3.05. The Bertz CT molecular complexity index is 1120. The number of aliphatic hydroxyl groups excluding tert-OH is 1. The molecule has 0 bridgehead atoms. The lowest BCUT2D eigenvalue weighted by Crippen LogP contribution is -2.33. The van der Waals surface area contributed by atoms with Crippen LogP contribution in [0.5, 0.6) is 0 Å². The molecule has 7 nitrogen and oxygen atoms in total. The summed E-state index contributed by atoms with van der Waals surface area (Å²) in [5.41, 5.74) is 2.72. The topological polar surface area (TPSA) is 99.2 Å². The second kappa shape index (κ2) is 7.75. The molecule has 0 saturated carbocycles. The van der Waals surface area contributed by atoms with E-state index in [0.717, 1.165) is 16.5 Å². The van der Waals surface area contributed by atoms with E-state index in [-0.39, 0.29) is 30.3 Å². The van der Waals surface area contributed by atoms with E-state index in [4.69, 9.17) is 0 Å². The van der Waals surface area contributed by atoms with Gasteiger partial charge >= 0.3 is 0 Å². The molecule has 150 valence electrons. The molecule has 0 radical (unpaired) electrons. The van der Waals surface area contributed by atoms with Crippen molar-refractivity contribution in [3.63, 3.8) is 0 Å². The van der Waals surface area contributed by atoms with Crippen LogP contribution >= 0.6 is 0 Å². The van der Waals surface area contributed by atoms with Crippen molar-refractivity contribution in [2.24, 2.45) is 5.92 Å². The zero-order valence-corrected chi connectivity index (χ0v) is 16.6. The molecule has 3 aromatic rings. The van der Waals surface area contributed by atoms with Gasteiger partial charge in [-0.15, -0.1) is 0 Å². The second-order valence-corrected chi connectivity index (χ2v) is 7.71. The number of hydrogen-bond donors (Lipinski definition) is 2. The highest BCUT2D eigenvalue weighted by atomic mass is 16.3. The van der Waals surface area contributed by atoms with Crippen LogP contribution in [0.4, 0.5) is 0 Å². The zero-order chi connectivity index (χ0) is 20.5. The molecule has 2 aromatic heterocycles. The lowest BCUT2D eigenvalue weighted by molar-refractivity contribution is -0.129. The van der Waals surface area contributed by atoms with Gasteiger partial charge in [0, 0.05) is 41.8 Å². The van der Waals surface area contributed by atoms with Crippen LogP contribution in [0.2, 0.25) is 0 Å². The monoisotopic (exact) mass is 392 g/mol. The van der Waals surface area contributed by atoms with Crippen LogP contribution in [0.15, 0.2) is 41.3 Å². The minimum absolute atomic E-state index is 0.00786. The lowest BCUT2D eigenvalue weighted by atomic mass is 9.94. The van der Waals surface area contributed by atoms with Crippen LogP contribution in [-0.4, -0.2) is 50.1 Å². The predicted molar refractivity (Wildman–Crippen MR) is 110 cm³/mol. The number of aryl methyl sites for hydroxylation is 2. The molecule has 1 amide bonds. The van der Waals surface area contributed by atoms with Crippen molar-refractivity contribution in [3.8, 4) is 0 Å². The summed E-state index contributed by atoms with van der Waals surface area (Å²) in [5.74, 6) is 0.315. The molecule has 1 aromatic carbocycles. The third kappa shape index (κ3) is 3.91. The molecular formula is C22H24N4O3. The summed E-state index contributed by atoms with van der Waals surface area (Å²) in [6, 6.07) is 9.90. The van der Waals surface area contributed by atoms with Crippen LogP contribution < -0.4 is 5.56 Å². The maximum atomic E-state index is 12.8. The summed E-state index contributed by atoms with van der Waals surface area (Å²) in [5, 5.41) is 11.6. The number of β-amino-alcohol motifs (C(OH)–C–C–N with tert-alkyl or cyclic N) is 1. The fraction of sp³-hybridized carbons (Fsp3) is 0.364. The number of carbonyl (C=O) groups is 1. The molecule has 29 heavy (non-hydrogen) atoms. The first-order chi connectivity index (χ1) is 13.9. The van der Waals surface area contributed by atoms with E-state index in [2.05, 4.69) is 15.0 Å². The van der Waals surface area contributed by atoms with Gasteiger partial charge in [0.25, 0.3) is 5.56 Å². The van der Waals surface area contributed by atoms with Gasteiger partial charge in [-0.05, 0) is 38.0 Å². The van der Waals surface area contributed by atoms with Crippen LogP contribution in [0.1, 0.15) is 22.6 Å². The Hall–Kier alpha value is -3.06. The van der Waals surface area contributed by atoms with Gasteiger partial charge in [0.05, 0.1) is 18.0 Å². The smallest absolute Gasteiger partial charge is 0.254 e. The van der Waals surface area contributed by atoms with Crippen molar-refractivity contribution in [1.82, 2.24) is 19.9 Å². The Morgan fingerprint density at radius 3 is 2.83 bits per heavy atom. The molecule has 0 unspecified atom stereocenters. The quantitative estimate of drug-likeness (QED) is 0.702. The minimum Gasteiger partial charge on any atom is -0.391 e. The standard InChI is InChI=1S/C22H24N4O3/c1-13-18(22(29)25-14(2)24-13)10-21(28)26-11-16(20(27)12-26)9-15-7-8-23-19-6-4-3-5-17(15)19/h3-8,16,20,27H,9-12H2,1-2H3,(H,24,25,29)/t16-,20+/m1/s1. The maximum Gasteiger partial charge on any atom is 0.254 e.